The summed E-state index contributed by atoms with van der Waals surface area (Å²) in [7, 11) is 0.561. The molecule has 2 rings (SSSR count). The van der Waals surface area contributed by atoms with Crippen molar-refractivity contribution in [3.05, 3.63) is 41.6 Å². The van der Waals surface area contributed by atoms with Crippen LogP contribution >= 0.6 is 0 Å². The molecule has 0 saturated carbocycles. The number of hydrogen-bond acceptors (Lipinski definition) is 5. The zero-order chi connectivity index (χ0) is 15.4. The third kappa shape index (κ3) is 4.42. The minimum absolute atomic E-state index is 0.0229. The van der Waals surface area contributed by atoms with E-state index in [4.69, 9.17) is 9.31 Å². The Morgan fingerprint density at radius 1 is 1.19 bits per heavy atom. The van der Waals surface area contributed by atoms with Gasteiger partial charge in [-0.05, 0) is 43.2 Å². The van der Waals surface area contributed by atoms with Crippen molar-refractivity contribution in [2.45, 2.75) is 6.92 Å². The van der Waals surface area contributed by atoms with Gasteiger partial charge in [0.25, 0.3) is 0 Å². The number of carbonyl (C=O) groups excluding carboxylic acids is 2. The molecule has 0 radical (unpaired) electrons. The highest BCUT2D eigenvalue weighted by molar-refractivity contribution is 6.56. The first kappa shape index (κ1) is 15.2. The van der Waals surface area contributed by atoms with Gasteiger partial charge in [0.15, 0.2) is 0 Å². The smallest absolute Gasteiger partial charge is 0.495 e. The molecule has 21 heavy (non-hydrogen) atoms. The summed E-state index contributed by atoms with van der Waals surface area (Å²) in [4.78, 5) is 24.7. The van der Waals surface area contributed by atoms with Crippen LogP contribution in [0, 0.1) is 5.82 Å². The first-order valence-corrected chi connectivity index (χ1v) is 6.46. The second-order valence-corrected chi connectivity index (χ2v) is 4.88. The Balaban J connectivity index is 2.15. The third-order valence-corrected chi connectivity index (χ3v) is 2.98. The number of rotatable bonds is 2. The summed E-state index contributed by atoms with van der Waals surface area (Å²) in [6.07, 6.45) is 0. The molecule has 1 aliphatic heterocycles. The molecule has 1 saturated heterocycles. The molecule has 1 fully saturated rings. The molecule has 0 aliphatic carbocycles. The van der Waals surface area contributed by atoms with Crippen molar-refractivity contribution in [3.63, 3.8) is 0 Å². The van der Waals surface area contributed by atoms with Crippen LogP contribution in [0.25, 0.3) is 5.57 Å². The van der Waals surface area contributed by atoms with Crippen LogP contribution < -0.4 is 0 Å². The molecule has 110 valence electrons. The molecule has 1 aliphatic rings. The lowest BCUT2D eigenvalue weighted by Crippen LogP contribution is -2.41. The number of carbonyl (C=O) groups is 2. The quantitative estimate of drug-likeness (QED) is 0.768. The van der Waals surface area contributed by atoms with Gasteiger partial charge in [-0.2, -0.15) is 0 Å². The summed E-state index contributed by atoms with van der Waals surface area (Å²) in [6, 6.07) is 5.86. The van der Waals surface area contributed by atoms with Crippen LogP contribution in [0.1, 0.15) is 12.5 Å². The fraction of sp³-hybridized carbons (Fsp3) is 0.286. The standard InChI is InChI=1S/C14H15BFNO4/c1-10(11-3-5-12(16)6-4-11)7-15-20-13(18)8-17(2)9-14(19)21-15/h3-7H,8-9H2,1-2H3. The van der Waals surface area contributed by atoms with Crippen LogP contribution in [0.3, 0.4) is 0 Å². The monoisotopic (exact) mass is 291 g/mol. The molecule has 1 aromatic carbocycles. The minimum Gasteiger partial charge on any atom is -0.495 e. The Morgan fingerprint density at radius 2 is 1.71 bits per heavy atom. The molecule has 0 bridgehead atoms. The van der Waals surface area contributed by atoms with E-state index in [0.717, 1.165) is 11.1 Å². The summed E-state index contributed by atoms with van der Waals surface area (Å²) in [6.45, 7) is 1.81. The molecule has 7 heteroatoms. The van der Waals surface area contributed by atoms with Crippen LogP contribution in [0.4, 0.5) is 4.39 Å². The molecular weight excluding hydrogens is 276 g/mol. The largest absolute Gasteiger partial charge is 0.629 e. The summed E-state index contributed by atoms with van der Waals surface area (Å²) in [5.41, 5.74) is 1.47. The van der Waals surface area contributed by atoms with E-state index in [2.05, 4.69) is 0 Å². The molecule has 1 aromatic rings. The second-order valence-electron chi connectivity index (χ2n) is 4.88. The zero-order valence-corrected chi connectivity index (χ0v) is 11.8. The van der Waals surface area contributed by atoms with Crippen LogP contribution in [0.5, 0.6) is 0 Å². The van der Waals surface area contributed by atoms with E-state index in [-0.39, 0.29) is 18.9 Å². The number of allylic oxidation sites excluding steroid dienone is 1. The molecule has 0 spiro atoms. The van der Waals surface area contributed by atoms with Crippen molar-refractivity contribution in [2.75, 3.05) is 20.1 Å². The summed E-state index contributed by atoms with van der Waals surface area (Å²) >= 11 is 0. The lowest BCUT2D eigenvalue weighted by atomic mass is 9.85. The summed E-state index contributed by atoms with van der Waals surface area (Å²) in [5.74, 6) is 0.240. The van der Waals surface area contributed by atoms with Gasteiger partial charge in [0, 0.05) is 0 Å². The average Bonchev–Trinajstić information content (AvgIpc) is 2.36. The predicted molar refractivity (Wildman–Crippen MR) is 75.5 cm³/mol. The number of hydrogen-bond donors (Lipinski definition) is 0. The molecule has 5 nitrogen and oxygen atoms in total. The second kappa shape index (κ2) is 6.54. The van der Waals surface area contributed by atoms with Crippen molar-refractivity contribution >= 4 is 24.6 Å². The zero-order valence-electron chi connectivity index (χ0n) is 11.8. The van der Waals surface area contributed by atoms with Crippen LogP contribution in [0.15, 0.2) is 30.2 Å². The highest BCUT2D eigenvalue weighted by atomic mass is 19.1. The highest BCUT2D eigenvalue weighted by Crippen LogP contribution is 2.15. The maximum Gasteiger partial charge on any atom is 0.629 e. The van der Waals surface area contributed by atoms with Crippen molar-refractivity contribution in [2.24, 2.45) is 0 Å². The molecule has 1 heterocycles. The third-order valence-electron chi connectivity index (χ3n) is 2.98. The Morgan fingerprint density at radius 3 is 2.24 bits per heavy atom. The summed E-state index contributed by atoms with van der Waals surface area (Å²) < 4.78 is 23.0. The van der Waals surface area contributed by atoms with E-state index >= 15 is 0 Å². The van der Waals surface area contributed by atoms with Gasteiger partial charge >= 0.3 is 19.1 Å². The van der Waals surface area contributed by atoms with Crippen molar-refractivity contribution < 1.29 is 23.3 Å². The van der Waals surface area contributed by atoms with Gasteiger partial charge in [-0.25, -0.2) is 4.39 Å². The average molecular weight is 291 g/mol. The lowest BCUT2D eigenvalue weighted by Gasteiger charge is -2.21. The Hall–Kier alpha value is -2.15. The van der Waals surface area contributed by atoms with E-state index < -0.39 is 19.1 Å². The topological polar surface area (TPSA) is 55.8 Å². The molecule has 0 N–H and O–H groups in total. The maximum absolute atomic E-state index is 12.9. The first-order chi connectivity index (χ1) is 9.94. The van der Waals surface area contributed by atoms with Gasteiger partial charge in [-0.15, -0.1) is 0 Å². The Kier molecular flexibility index (Phi) is 4.75. The molecular formula is C14H15BFNO4. The fourth-order valence-corrected chi connectivity index (χ4v) is 1.94. The van der Waals surface area contributed by atoms with Crippen LogP contribution in [-0.2, 0) is 18.9 Å². The van der Waals surface area contributed by atoms with Gasteiger partial charge in [-0.1, -0.05) is 12.1 Å². The summed E-state index contributed by atoms with van der Waals surface area (Å²) in [5, 5.41) is 0. The highest BCUT2D eigenvalue weighted by Gasteiger charge is 2.29. The van der Waals surface area contributed by atoms with E-state index in [0.29, 0.717) is 0 Å². The van der Waals surface area contributed by atoms with E-state index in [1.54, 1.807) is 26.1 Å². The van der Waals surface area contributed by atoms with Gasteiger partial charge in [0.05, 0.1) is 13.1 Å². The normalized spacial score (nSPS) is 17.9. The van der Waals surface area contributed by atoms with E-state index in [9.17, 15) is 14.0 Å². The van der Waals surface area contributed by atoms with Gasteiger partial charge in [-0.3, -0.25) is 14.5 Å². The first-order valence-electron chi connectivity index (χ1n) is 6.46. The van der Waals surface area contributed by atoms with E-state index in [1.165, 1.54) is 23.0 Å². The Bertz CT molecular complexity index is 553. The van der Waals surface area contributed by atoms with Gasteiger partial charge < -0.3 is 9.31 Å². The lowest BCUT2D eigenvalue weighted by molar-refractivity contribution is -0.145. The molecule has 0 unspecified atom stereocenters. The van der Waals surface area contributed by atoms with Crippen molar-refractivity contribution in [1.29, 1.82) is 0 Å². The number of halogens is 1. The number of likely N-dealkylation sites (N-methyl/N-ethyl adjacent to an activating group) is 1. The molecule has 0 aromatic heterocycles. The Labute approximate surface area is 122 Å². The van der Waals surface area contributed by atoms with E-state index in [1.807, 2.05) is 0 Å². The van der Waals surface area contributed by atoms with Crippen molar-refractivity contribution in [3.8, 4) is 0 Å². The molecule has 0 amide bonds. The number of benzene rings is 1. The van der Waals surface area contributed by atoms with Gasteiger partial charge in [0.2, 0.25) is 0 Å². The predicted octanol–water partition coefficient (Wildman–Crippen LogP) is 1.29. The van der Waals surface area contributed by atoms with Gasteiger partial charge in [0.1, 0.15) is 5.82 Å². The van der Waals surface area contributed by atoms with Crippen LogP contribution in [-0.4, -0.2) is 44.1 Å². The minimum atomic E-state index is -1.07. The fourth-order valence-electron chi connectivity index (χ4n) is 1.94. The SMILES string of the molecule is CC(=CB1OC(=O)CN(C)CC(=O)O1)c1ccc(F)cc1. The number of nitrogens with zero attached hydrogens (tertiary/aromatic N) is 1. The maximum atomic E-state index is 12.9. The van der Waals surface area contributed by atoms with Crippen molar-refractivity contribution in [1.82, 2.24) is 4.90 Å². The van der Waals surface area contributed by atoms with Crippen LogP contribution in [0.2, 0.25) is 0 Å². The molecule has 0 atom stereocenters.